The van der Waals surface area contributed by atoms with Crippen LogP contribution in [0.15, 0.2) is 53.9 Å². The summed E-state index contributed by atoms with van der Waals surface area (Å²) < 4.78 is 42.9. The molecule has 1 amide bonds. The molecule has 0 saturated carbocycles. The maximum absolute atomic E-state index is 12.5. The minimum Gasteiger partial charge on any atom is -0.492 e. The number of aryl methyl sites for hydroxylation is 1. The average molecular weight is 420 g/mol. The van der Waals surface area contributed by atoms with Crippen LogP contribution in [0.25, 0.3) is 10.6 Å². The van der Waals surface area contributed by atoms with Crippen molar-refractivity contribution in [1.82, 2.24) is 10.3 Å². The first kappa shape index (κ1) is 20.9. The number of hydrogen-bond acceptors (Lipinski definition) is 4. The molecule has 29 heavy (non-hydrogen) atoms. The summed E-state index contributed by atoms with van der Waals surface area (Å²) in [6.45, 7) is 2.42. The van der Waals surface area contributed by atoms with Crippen LogP contribution in [0.3, 0.4) is 0 Å². The molecule has 0 aliphatic heterocycles. The van der Waals surface area contributed by atoms with E-state index in [4.69, 9.17) is 4.74 Å². The molecule has 0 radical (unpaired) electrons. The molecule has 3 aromatic rings. The fourth-order valence-electron chi connectivity index (χ4n) is 2.54. The van der Waals surface area contributed by atoms with Crippen molar-refractivity contribution in [2.75, 3.05) is 13.2 Å². The molecule has 0 aliphatic carbocycles. The maximum Gasteiger partial charge on any atom is 0.416 e. The number of ether oxygens (including phenoxy) is 1. The van der Waals surface area contributed by atoms with Crippen molar-refractivity contribution in [3.8, 4) is 16.3 Å². The third-order valence-electron chi connectivity index (χ3n) is 4.07. The zero-order chi connectivity index (χ0) is 20.9. The van der Waals surface area contributed by atoms with E-state index in [0.29, 0.717) is 11.4 Å². The number of rotatable bonds is 7. The Morgan fingerprint density at radius 3 is 2.45 bits per heavy atom. The summed E-state index contributed by atoms with van der Waals surface area (Å²) >= 11 is 1.48. The van der Waals surface area contributed by atoms with E-state index in [9.17, 15) is 18.0 Å². The van der Waals surface area contributed by atoms with Gasteiger partial charge in [0.25, 0.3) is 0 Å². The van der Waals surface area contributed by atoms with Crippen molar-refractivity contribution < 1.29 is 22.7 Å². The fraction of sp³-hybridized carbons (Fsp3) is 0.238. The number of aromatic nitrogens is 1. The van der Waals surface area contributed by atoms with Gasteiger partial charge >= 0.3 is 6.18 Å². The molecule has 4 nitrogen and oxygen atoms in total. The molecule has 0 bridgehead atoms. The monoisotopic (exact) mass is 420 g/mol. The largest absolute Gasteiger partial charge is 0.492 e. The molecular weight excluding hydrogens is 401 g/mol. The third-order valence-corrected chi connectivity index (χ3v) is 5.01. The molecule has 0 atom stereocenters. The second kappa shape index (κ2) is 9.09. The van der Waals surface area contributed by atoms with Crippen molar-refractivity contribution in [1.29, 1.82) is 0 Å². The highest BCUT2D eigenvalue weighted by molar-refractivity contribution is 7.13. The van der Waals surface area contributed by atoms with E-state index in [1.165, 1.54) is 29.0 Å². The molecule has 2 aromatic carbocycles. The molecule has 0 spiro atoms. The van der Waals surface area contributed by atoms with Gasteiger partial charge in [0, 0.05) is 10.9 Å². The highest BCUT2D eigenvalue weighted by atomic mass is 32.1. The van der Waals surface area contributed by atoms with Crippen LogP contribution in [0.4, 0.5) is 13.2 Å². The number of hydrogen-bond donors (Lipinski definition) is 1. The molecule has 0 aliphatic rings. The first-order valence-corrected chi connectivity index (χ1v) is 9.77. The van der Waals surface area contributed by atoms with E-state index in [1.54, 1.807) is 0 Å². The predicted molar refractivity (Wildman–Crippen MR) is 106 cm³/mol. The Balaban J connectivity index is 1.42. The Bertz CT molecular complexity index is 951. The van der Waals surface area contributed by atoms with Crippen LogP contribution in [0, 0.1) is 6.92 Å². The lowest BCUT2D eigenvalue weighted by Gasteiger charge is -2.09. The number of carbonyl (C=O) groups is 1. The normalized spacial score (nSPS) is 11.3. The van der Waals surface area contributed by atoms with E-state index >= 15 is 0 Å². The highest BCUT2D eigenvalue weighted by Crippen LogP contribution is 2.30. The lowest BCUT2D eigenvalue weighted by atomic mass is 10.2. The molecule has 1 N–H and O–H groups in total. The van der Waals surface area contributed by atoms with Gasteiger partial charge in [0.05, 0.1) is 24.2 Å². The van der Waals surface area contributed by atoms with E-state index in [1.807, 2.05) is 36.6 Å². The lowest BCUT2D eigenvalue weighted by molar-refractivity contribution is -0.137. The SMILES string of the molecule is Cc1ccc(-c2nc(CC(=O)NCCOc3ccc(C(F)(F)F)cc3)cs2)cc1. The fourth-order valence-corrected chi connectivity index (χ4v) is 3.37. The highest BCUT2D eigenvalue weighted by Gasteiger charge is 2.29. The molecule has 0 saturated heterocycles. The van der Waals surface area contributed by atoms with Gasteiger partial charge < -0.3 is 10.1 Å². The van der Waals surface area contributed by atoms with Gasteiger partial charge in [-0.05, 0) is 31.2 Å². The summed E-state index contributed by atoms with van der Waals surface area (Å²) in [6, 6.07) is 12.5. The van der Waals surface area contributed by atoms with Crippen molar-refractivity contribution in [3.63, 3.8) is 0 Å². The van der Waals surface area contributed by atoms with Crippen molar-refractivity contribution >= 4 is 17.2 Å². The van der Waals surface area contributed by atoms with E-state index in [-0.39, 0.29) is 25.5 Å². The van der Waals surface area contributed by atoms with Crippen molar-refractivity contribution in [2.45, 2.75) is 19.5 Å². The summed E-state index contributed by atoms with van der Waals surface area (Å²) in [6.07, 6.45) is -4.22. The first-order valence-electron chi connectivity index (χ1n) is 8.89. The molecule has 152 valence electrons. The Hall–Kier alpha value is -2.87. The van der Waals surface area contributed by atoms with Gasteiger partial charge in [-0.2, -0.15) is 13.2 Å². The number of halogens is 3. The van der Waals surface area contributed by atoms with E-state index < -0.39 is 11.7 Å². The van der Waals surface area contributed by atoms with Crippen LogP contribution in [0.1, 0.15) is 16.8 Å². The van der Waals surface area contributed by atoms with E-state index in [0.717, 1.165) is 22.7 Å². The first-order chi connectivity index (χ1) is 13.8. The number of nitrogens with one attached hydrogen (secondary N) is 1. The van der Waals surface area contributed by atoms with Crippen molar-refractivity contribution in [3.05, 3.63) is 70.7 Å². The lowest BCUT2D eigenvalue weighted by Crippen LogP contribution is -2.29. The molecule has 0 unspecified atom stereocenters. The Labute approximate surface area is 170 Å². The topological polar surface area (TPSA) is 51.2 Å². The quantitative estimate of drug-likeness (QED) is 0.555. The molecule has 1 heterocycles. The number of alkyl halides is 3. The molecule has 0 fully saturated rings. The molecule has 3 rings (SSSR count). The Morgan fingerprint density at radius 1 is 1.10 bits per heavy atom. The van der Waals surface area contributed by atoms with Crippen LogP contribution in [0.5, 0.6) is 5.75 Å². The van der Waals surface area contributed by atoms with Gasteiger partial charge in [-0.15, -0.1) is 11.3 Å². The zero-order valence-corrected chi connectivity index (χ0v) is 16.4. The third kappa shape index (κ3) is 6.05. The van der Waals surface area contributed by atoms with Gasteiger partial charge in [-0.25, -0.2) is 4.98 Å². The predicted octanol–water partition coefficient (Wildman–Crippen LogP) is 4.88. The number of nitrogens with zero attached hydrogens (tertiary/aromatic N) is 1. The Kier molecular flexibility index (Phi) is 6.53. The number of thiazole rings is 1. The summed E-state index contributed by atoms with van der Waals surface area (Å²) in [5, 5.41) is 5.43. The van der Waals surface area contributed by atoms with Crippen LogP contribution in [-0.4, -0.2) is 24.0 Å². The second-order valence-corrected chi connectivity index (χ2v) is 7.27. The minimum absolute atomic E-state index is 0.155. The molecular formula is C21H19F3N2O2S. The van der Waals surface area contributed by atoms with Crippen molar-refractivity contribution in [2.24, 2.45) is 0 Å². The van der Waals surface area contributed by atoms with Crippen LogP contribution in [0.2, 0.25) is 0 Å². The Morgan fingerprint density at radius 2 is 1.79 bits per heavy atom. The van der Waals surface area contributed by atoms with Crippen LogP contribution >= 0.6 is 11.3 Å². The number of benzene rings is 2. The van der Waals surface area contributed by atoms with E-state index in [2.05, 4.69) is 10.3 Å². The summed E-state index contributed by atoms with van der Waals surface area (Å²) in [7, 11) is 0. The maximum atomic E-state index is 12.5. The number of amides is 1. The van der Waals surface area contributed by atoms with Crippen LogP contribution < -0.4 is 10.1 Å². The standard InChI is InChI=1S/C21H19F3N2O2S/c1-14-2-4-15(5-3-14)20-26-17(13-29-20)12-19(27)25-10-11-28-18-8-6-16(7-9-18)21(22,23)24/h2-9,13H,10-12H2,1H3,(H,25,27). The minimum atomic E-state index is -4.37. The van der Waals surface area contributed by atoms with Crippen LogP contribution in [-0.2, 0) is 17.4 Å². The molecule has 1 aromatic heterocycles. The molecule has 8 heteroatoms. The summed E-state index contributed by atoms with van der Waals surface area (Å²) in [5.74, 6) is 0.122. The zero-order valence-electron chi connectivity index (χ0n) is 15.6. The van der Waals surface area contributed by atoms with Gasteiger partial charge in [0.2, 0.25) is 5.91 Å². The summed E-state index contributed by atoms with van der Waals surface area (Å²) in [5.41, 5.74) is 2.14. The number of carbonyl (C=O) groups excluding carboxylic acids is 1. The second-order valence-electron chi connectivity index (χ2n) is 6.41. The average Bonchev–Trinajstić information content (AvgIpc) is 3.14. The van der Waals surface area contributed by atoms with Gasteiger partial charge in [0.1, 0.15) is 17.4 Å². The smallest absolute Gasteiger partial charge is 0.416 e. The summed E-state index contributed by atoms with van der Waals surface area (Å²) in [4.78, 5) is 16.5. The van der Waals surface area contributed by atoms with Gasteiger partial charge in [-0.3, -0.25) is 4.79 Å². The van der Waals surface area contributed by atoms with Gasteiger partial charge in [0.15, 0.2) is 0 Å². The van der Waals surface area contributed by atoms with Gasteiger partial charge in [-0.1, -0.05) is 29.8 Å².